The summed E-state index contributed by atoms with van der Waals surface area (Å²) in [6.45, 7) is 0.812. The van der Waals surface area contributed by atoms with E-state index >= 15 is 0 Å². The maximum absolute atomic E-state index is 9.91. The topological polar surface area (TPSA) is 29.5 Å². The van der Waals surface area contributed by atoms with Crippen LogP contribution in [0.15, 0.2) is 48.5 Å². The fraction of sp³-hybridized carbons (Fsp3) is 0.294. The van der Waals surface area contributed by atoms with Crippen molar-refractivity contribution in [1.82, 2.24) is 0 Å². The summed E-state index contributed by atoms with van der Waals surface area (Å²) in [5.41, 5.74) is 2.24. The Labute approximate surface area is 145 Å². The van der Waals surface area contributed by atoms with E-state index < -0.39 is 6.10 Å². The fourth-order valence-electron chi connectivity index (χ4n) is 1.84. The zero-order valence-corrected chi connectivity index (χ0v) is 14.4. The summed E-state index contributed by atoms with van der Waals surface area (Å²) in [5, 5.41) is 11.4. The van der Waals surface area contributed by atoms with Crippen molar-refractivity contribution < 1.29 is 9.84 Å². The molecule has 0 radical (unpaired) electrons. The Morgan fingerprint density at radius 1 is 0.909 bits per heavy atom. The van der Waals surface area contributed by atoms with E-state index in [-0.39, 0.29) is 0 Å². The molecule has 118 valence electrons. The van der Waals surface area contributed by atoms with Gasteiger partial charge in [-0.05, 0) is 35.4 Å². The van der Waals surface area contributed by atoms with Gasteiger partial charge in [-0.15, -0.1) is 0 Å². The molecule has 2 aromatic carbocycles. The van der Waals surface area contributed by atoms with E-state index in [1.807, 2.05) is 48.5 Å². The quantitative estimate of drug-likeness (QED) is 0.736. The molecule has 1 N–H and O–H groups in total. The Hall–Kier alpha value is -0.710. The Morgan fingerprint density at radius 3 is 2.05 bits per heavy atom. The van der Waals surface area contributed by atoms with Gasteiger partial charge in [0.2, 0.25) is 0 Å². The molecule has 0 amide bonds. The number of ether oxygens (including phenoxy) is 1. The smallest absolute Gasteiger partial charge is 0.0864 e. The van der Waals surface area contributed by atoms with Crippen molar-refractivity contribution >= 4 is 35.0 Å². The molecule has 0 bridgehead atoms. The van der Waals surface area contributed by atoms with E-state index in [1.54, 1.807) is 11.8 Å². The van der Waals surface area contributed by atoms with Crippen molar-refractivity contribution in [3.05, 3.63) is 69.7 Å². The maximum Gasteiger partial charge on any atom is 0.0864 e. The van der Waals surface area contributed by atoms with E-state index in [0.29, 0.717) is 24.0 Å². The zero-order chi connectivity index (χ0) is 15.8. The van der Waals surface area contributed by atoms with Crippen molar-refractivity contribution in [1.29, 1.82) is 0 Å². The molecule has 2 nitrogen and oxygen atoms in total. The van der Waals surface area contributed by atoms with Crippen LogP contribution in [0, 0.1) is 0 Å². The van der Waals surface area contributed by atoms with E-state index in [1.165, 1.54) is 5.56 Å². The van der Waals surface area contributed by atoms with Gasteiger partial charge in [0, 0.05) is 21.6 Å². The summed E-state index contributed by atoms with van der Waals surface area (Å²) in [5.74, 6) is 1.49. The van der Waals surface area contributed by atoms with Gasteiger partial charge in [-0.2, -0.15) is 11.8 Å². The first-order chi connectivity index (χ1) is 10.6. The van der Waals surface area contributed by atoms with Gasteiger partial charge in [0.25, 0.3) is 0 Å². The Morgan fingerprint density at radius 2 is 1.45 bits per heavy atom. The van der Waals surface area contributed by atoms with E-state index in [4.69, 9.17) is 27.9 Å². The molecular weight excluding hydrogens is 339 g/mol. The minimum absolute atomic E-state index is 0.330. The molecule has 1 atom stereocenters. The van der Waals surface area contributed by atoms with Gasteiger partial charge in [0.05, 0.1) is 19.3 Å². The molecular formula is C17H18Cl2O2S. The number of thioether (sulfide) groups is 1. The number of aliphatic hydroxyl groups is 1. The van der Waals surface area contributed by atoms with Crippen LogP contribution in [0.4, 0.5) is 0 Å². The molecule has 5 heteroatoms. The fourth-order valence-corrected chi connectivity index (χ4v) is 3.00. The lowest BCUT2D eigenvalue weighted by Gasteiger charge is -2.11. The van der Waals surface area contributed by atoms with Crippen molar-refractivity contribution in [2.45, 2.75) is 18.5 Å². The van der Waals surface area contributed by atoms with Crippen LogP contribution in [-0.4, -0.2) is 23.6 Å². The molecule has 2 rings (SSSR count). The van der Waals surface area contributed by atoms with Gasteiger partial charge >= 0.3 is 0 Å². The highest BCUT2D eigenvalue weighted by Gasteiger charge is 2.05. The number of benzene rings is 2. The van der Waals surface area contributed by atoms with E-state index in [0.717, 1.165) is 16.3 Å². The van der Waals surface area contributed by atoms with Gasteiger partial charge in [0.1, 0.15) is 0 Å². The number of hydrogen-bond acceptors (Lipinski definition) is 3. The molecule has 1 unspecified atom stereocenters. The summed E-state index contributed by atoms with van der Waals surface area (Å²) in [4.78, 5) is 0. The molecule has 0 aliphatic carbocycles. The Balaban J connectivity index is 1.60. The third-order valence-corrected chi connectivity index (χ3v) is 4.65. The lowest BCUT2D eigenvalue weighted by atomic mass is 10.2. The van der Waals surface area contributed by atoms with Crippen LogP contribution in [0.5, 0.6) is 0 Å². The monoisotopic (exact) mass is 356 g/mol. The van der Waals surface area contributed by atoms with Crippen LogP contribution in [0.3, 0.4) is 0 Å². The highest BCUT2D eigenvalue weighted by molar-refractivity contribution is 7.98. The first-order valence-corrected chi connectivity index (χ1v) is 8.87. The summed E-state index contributed by atoms with van der Waals surface area (Å²) < 4.78 is 5.52. The van der Waals surface area contributed by atoms with Crippen LogP contribution >= 0.6 is 35.0 Å². The molecule has 0 saturated heterocycles. The second kappa shape index (κ2) is 9.43. The van der Waals surface area contributed by atoms with Crippen LogP contribution in [0.1, 0.15) is 11.1 Å². The average Bonchev–Trinajstić information content (AvgIpc) is 2.51. The van der Waals surface area contributed by atoms with Crippen molar-refractivity contribution in [3.8, 4) is 0 Å². The first-order valence-electron chi connectivity index (χ1n) is 6.96. The molecule has 0 fully saturated rings. The highest BCUT2D eigenvalue weighted by atomic mass is 35.5. The van der Waals surface area contributed by atoms with Crippen LogP contribution < -0.4 is 0 Å². The molecule has 0 aromatic heterocycles. The van der Waals surface area contributed by atoms with Crippen LogP contribution in [-0.2, 0) is 17.1 Å². The molecule has 0 heterocycles. The molecule has 2 aromatic rings. The van der Waals surface area contributed by atoms with Crippen LogP contribution in [0.25, 0.3) is 0 Å². The SMILES string of the molecule is OC(COCc1ccc(Cl)cc1)CSCc1ccc(Cl)cc1. The normalized spacial score (nSPS) is 12.3. The van der Waals surface area contributed by atoms with Crippen molar-refractivity contribution in [3.63, 3.8) is 0 Å². The third kappa shape index (κ3) is 6.59. The van der Waals surface area contributed by atoms with Gasteiger partial charge in [0.15, 0.2) is 0 Å². The molecule has 0 aliphatic heterocycles. The maximum atomic E-state index is 9.91. The van der Waals surface area contributed by atoms with E-state index in [9.17, 15) is 5.11 Å². The standard InChI is InChI=1S/C17H18Cl2O2S/c18-15-5-1-13(2-6-15)9-21-10-17(20)12-22-11-14-3-7-16(19)8-4-14/h1-8,17,20H,9-12H2. The van der Waals surface area contributed by atoms with Crippen molar-refractivity contribution in [2.24, 2.45) is 0 Å². The van der Waals surface area contributed by atoms with E-state index in [2.05, 4.69) is 0 Å². The van der Waals surface area contributed by atoms with Gasteiger partial charge in [-0.3, -0.25) is 0 Å². The average molecular weight is 357 g/mol. The number of hydrogen-bond donors (Lipinski definition) is 1. The zero-order valence-electron chi connectivity index (χ0n) is 12.0. The Bertz CT molecular complexity index is 506. The predicted octanol–water partition coefficient (Wildman–Crippen LogP) is 4.80. The lowest BCUT2D eigenvalue weighted by molar-refractivity contribution is 0.0398. The molecule has 0 saturated carbocycles. The minimum atomic E-state index is -0.468. The Kier molecular flexibility index (Phi) is 7.56. The summed E-state index contributed by atoms with van der Waals surface area (Å²) in [6.07, 6.45) is -0.468. The number of halogens is 2. The minimum Gasteiger partial charge on any atom is -0.390 e. The van der Waals surface area contributed by atoms with Gasteiger partial charge in [-0.1, -0.05) is 47.5 Å². The first kappa shape index (κ1) is 17.6. The second-order valence-electron chi connectivity index (χ2n) is 4.94. The van der Waals surface area contributed by atoms with Gasteiger partial charge < -0.3 is 9.84 Å². The second-order valence-corrected chi connectivity index (χ2v) is 6.84. The summed E-state index contributed by atoms with van der Waals surface area (Å²) in [7, 11) is 0. The van der Waals surface area contributed by atoms with Crippen molar-refractivity contribution in [2.75, 3.05) is 12.4 Å². The molecule has 22 heavy (non-hydrogen) atoms. The largest absolute Gasteiger partial charge is 0.390 e. The molecule has 0 spiro atoms. The highest BCUT2D eigenvalue weighted by Crippen LogP contribution is 2.16. The predicted molar refractivity (Wildman–Crippen MR) is 94.7 cm³/mol. The third-order valence-electron chi connectivity index (χ3n) is 2.98. The number of aliphatic hydroxyl groups excluding tert-OH is 1. The number of rotatable bonds is 8. The summed E-state index contributed by atoms with van der Waals surface area (Å²) >= 11 is 13.3. The summed E-state index contributed by atoms with van der Waals surface area (Å²) in [6, 6.07) is 15.3. The lowest BCUT2D eigenvalue weighted by Crippen LogP contribution is -2.18. The van der Waals surface area contributed by atoms with Crippen LogP contribution in [0.2, 0.25) is 10.0 Å². The molecule has 0 aliphatic rings. The van der Waals surface area contributed by atoms with Gasteiger partial charge in [-0.25, -0.2) is 0 Å².